The fourth-order valence-electron chi connectivity index (χ4n) is 5.48. The standard InChI is InChI=1S/C32H34N8O4/c1-21-28(23-16-25(30(41)35-20-33)31(44-3)34-17-23)38-40(24-12-8-5-9-13-24)29(21)37-32(42)36-27-19-39(14-15-43-2)18-26(27)22-10-6-4-7-11-22/h4-13,16-17,26-27H,14-15,18-19H2,1-3H3,(H,35,41)(H2,36,37,42)/t26-,27+/m0/s1. The third-order valence-electron chi connectivity index (χ3n) is 7.64. The summed E-state index contributed by atoms with van der Waals surface area (Å²) >= 11 is 0. The van der Waals surface area contributed by atoms with Gasteiger partial charge in [0.15, 0.2) is 6.19 Å². The summed E-state index contributed by atoms with van der Waals surface area (Å²) in [5.41, 5.74) is 3.65. The topological polar surface area (TPSA) is 146 Å². The molecule has 2 atom stereocenters. The molecule has 0 aliphatic carbocycles. The number of ether oxygens (including phenoxy) is 2. The second-order valence-electron chi connectivity index (χ2n) is 10.4. The van der Waals surface area contributed by atoms with E-state index in [0.29, 0.717) is 35.8 Å². The number of carbonyl (C=O) groups excluding carboxylic acids is 2. The molecule has 0 saturated carbocycles. The molecule has 0 spiro atoms. The van der Waals surface area contributed by atoms with E-state index in [1.807, 2.05) is 55.5 Å². The molecule has 44 heavy (non-hydrogen) atoms. The minimum Gasteiger partial charge on any atom is -0.480 e. The number of hydrogen-bond acceptors (Lipinski definition) is 8. The van der Waals surface area contributed by atoms with Gasteiger partial charge in [0.2, 0.25) is 5.88 Å². The number of urea groups is 1. The van der Waals surface area contributed by atoms with Crippen molar-refractivity contribution in [3.63, 3.8) is 0 Å². The number of rotatable bonds is 10. The molecule has 0 bridgehead atoms. The quantitative estimate of drug-likeness (QED) is 0.186. The summed E-state index contributed by atoms with van der Waals surface area (Å²) < 4.78 is 12.2. The lowest BCUT2D eigenvalue weighted by molar-refractivity contribution is 0.0969. The molecule has 226 valence electrons. The average Bonchev–Trinajstić information content (AvgIpc) is 3.60. The van der Waals surface area contributed by atoms with Crippen LogP contribution in [-0.4, -0.2) is 78.1 Å². The van der Waals surface area contributed by atoms with Crippen LogP contribution < -0.4 is 20.7 Å². The van der Waals surface area contributed by atoms with Crippen LogP contribution in [0, 0.1) is 18.4 Å². The third kappa shape index (κ3) is 6.54. The van der Waals surface area contributed by atoms with Crippen LogP contribution >= 0.6 is 0 Å². The van der Waals surface area contributed by atoms with Gasteiger partial charge in [-0.2, -0.15) is 10.4 Å². The van der Waals surface area contributed by atoms with E-state index in [2.05, 4.69) is 38.0 Å². The number of carbonyl (C=O) groups is 2. The summed E-state index contributed by atoms with van der Waals surface area (Å²) in [4.78, 5) is 32.7. The molecule has 12 heteroatoms. The van der Waals surface area contributed by atoms with E-state index in [4.69, 9.17) is 19.8 Å². The second kappa shape index (κ2) is 13.8. The highest BCUT2D eigenvalue weighted by atomic mass is 16.5. The Bertz CT molecular complexity index is 1650. The number of benzene rings is 2. The lowest BCUT2D eigenvalue weighted by atomic mass is 9.94. The average molecular weight is 595 g/mol. The molecular formula is C32H34N8O4. The Kier molecular flexibility index (Phi) is 9.49. The molecule has 3 N–H and O–H groups in total. The van der Waals surface area contributed by atoms with E-state index in [9.17, 15) is 9.59 Å². The zero-order valence-electron chi connectivity index (χ0n) is 24.8. The Balaban J connectivity index is 1.46. The highest BCUT2D eigenvalue weighted by Gasteiger charge is 2.35. The lowest BCUT2D eigenvalue weighted by Gasteiger charge is -2.21. The zero-order chi connectivity index (χ0) is 31.1. The van der Waals surface area contributed by atoms with Gasteiger partial charge in [0.05, 0.1) is 31.1 Å². The molecule has 1 aliphatic heterocycles. The predicted molar refractivity (Wildman–Crippen MR) is 165 cm³/mol. The SMILES string of the molecule is COCCN1C[C@@H](NC(=O)Nc2c(C)c(-c3cnc(OC)c(C(=O)NC#N)c3)nn2-c2ccccc2)[C@H](c2ccccc2)C1. The third-order valence-corrected chi connectivity index (χ3v) is 7.64. The van der Waals surface area contributed by atoms with E-state index in [-0.39, 0.29) is 29.4 Å². The maximum Gasteiger partial charge on any atom is 0.320 e. The summed E-state index contributed by atoms with van der Waals surface area (Å²) in [5, 5.41) is 22.1. The molecule has 4 aromatic rings. The van der Waals surface area contributed by atoms with Crippen LogP contribution in [0.2, 0.25) is 0 Å². The smallest absolute Gasteiger partial charge is 0.320 e. The minimum absolute atomic E-state index is 0.0726. The van der Waals surface area contributed by atoms with Gasteiger partial charge in [-0.15, -0.1) is 0 Å². The van der Waals surface area contributed by atoms with Gasteiger partial charge in [0, 0.05) is 50.0 Å². The van der Waals surface area contributed by atoms with Crippen molar-refractivity contribution >= 4 is 17.8 Å². The highest BCUT2D eigenvalue weighted by Crippen LogP contribution is 2.33. The molecule has 1 saturated heterocycles. The van der Waals surface area contributed by atoms with Gasteiger partial charge in [-0.05, 0) is 30.7 Å². The van der Waals surface area contributed by atoms with Crippen molar-refractivity contribution in [2.75, 3.05) is 45.8 Å². The number of hydrogen-bond donors (Lipinski definition) is 3. The number of nitrogens with one attached hydrogen (secondary N) is 3. The van der Waals surface area contributed by atoms with Gasteiger partial charge in [0.1, 0.15) is 11.4 Å². The zero-order valence-corrected chi connectivity index (χ0v) is 24.8. The summed E-state index contributed by atoms with van der Waals surface area (Å²) in [5.74, 6) is -0.00464. The van der Waals surface area contributed by atoms with Gasteiger partial charge >= 0.3 is 6.03 Å². The number of pyridine rings is 1. The summed E-state index contributed by atoms with van der Waals surface area (Å²) in [6, 6.07) is 20.7. The number of anilines is 1. The normalized spacial score (nSPS) is 16.2. The molecule has 0 unspecified atom stereocenters. The number of amides is 3. The number of para-hydroxylation sites is 1. The molecule has 2 aromatic heterocycles. The monoisotopic (exact) mass is 594 g/mol. The molecule has 12 nitrogen and oxygen atoms in total. The summed E-state index contributed by atoms with van der Waals surface area (Å²) in [7, 11) is 3.08. The first kappa shape index (κ1) is 30.2. The van der Waals surface area contributed by atoms with Crippen molar-refractivity contribution < 1.29 is 19.1 Å². The number of likely N-dealkylation sites (tertiary alicyclic amines) is 1. The molecule has 2 aromatic carbocycles. The van der Waals surface area contributed by atoms with Gasteiger partial charge in [-0.25, -0.2) is 14.5 Å². The number of aromatic nitrogens is 3. The van der Waals surface area contributed by atoms with Crippen LogP contribution in [-0.2, 0) is 4.74 Å². The second-order valence-corrected chi connectivity index (χ2v) is 10.4. The molecule has 3 amide bonds. The lowest BCUT2D eigenvalue weighted by Crippen LogP contribution is -2.42. The van der Waals surface area contributed by atoms with Gasteiger partial charge in [-0.3, -0.25) is 20.3 Å². The minimum atomic E-state index is -0.652. The Morgan fingerprint density at radius 3 is 2.48 bits per heavy atom. The molecule has 0 radical (unpaired) electrons. The maximum absolute atomic E-state index is 13.6. The summed E-state index contributed by atoms with van der Waals surface area (Å²) in [6.07, 6.45) is 3.17. The van der Waals surface area contributed by atoms with Crippen LogP contribution in [0.1, 0.15) is 27.4 Å². The van der Waals surface area contributed by atoms with Gasteiger partial charge in [-0.1, -0.05) is 48.5 Å². The Morgan fingerprint density at radius 1 is 1.07 bits per heavy atom. The Morgan fingerprint density at radius 2 is 1.80 bits per heavy atom. The first-order chi connectivity index (χ1) is 21.4. The fourth-order valence-corrected chi connectivity index (χ4v) is 5.48. The molecular weight excluding hydrogens is 560 g/mol. The molecule has 3 heterocycles. The molecule has 1 aliphatic rings. The number of nitrogens with zero attached hydrogens (tertiary/aromatic N) is 5. The van der Waals surface area contributed by atoms with Crippen molar-refractivity contribution in [1.82, 2.24) is 30.3 Å². The predicted octanol–water partition coefficient (Wildman–Crippen LogP) is 3.70. The first-order valence-electron chi connectivity index (χ1n) is 14.2. The van der Waals surface area contributed by atoms with E-state index < -0.39 is 5.91 Å². The fraction of sp³-hybridized carbons (Fsp3) is 0.281. The van der Waals surface area contributed by atoms with Crippen molar-refractivity contribution in [2.24, 2.45) is 0 Å². The highest BCUT2D eigenvalue weighted by molar-refractivity contribution is 5.98. The maximum atomic E-state index is 13.6. The Hall–Kier alpha value is -5.25. The van der Waals surface area contributed by atoms with Crippen LogP contribution in [0.5, 0.6) is 5.88 Å². The van der Waals surface area contributed by atoms with Crippen molar-refractivity contribution in [2.45, 2.75) is 18.9 Å². The van der Waals surface area contributed by atoms with Crippen LogP contribution in [0.25, 0.3) is 16.9 Å². The van der Waals surface area contributed by atoms with Crippen molar-refractivity contribution in [3.8, 4) is 29.0 Å². The number of nitriles is 1. The summed E-state index contributed by atoms with van der Waals surface area (Å²) in [6.45, 7) is 4.70. The van der Waals surface area contributed by atoms with Crippen molar-refractivity contribution in [3.05, 3.63) is 89.6 Å². The van der Waals surface area contributed by atoms with Crippen molar-refractivity contribution in [1.29, 1.82) is 5.26 Å². The largest absolute Gasteiger partial charge is 0.480 e. The van der Waals surface area contributed by atoms with Crippen LogP contribution in [0.3, 0.4) is 0 Å². The Labute approximate surface area is 255 Å². The van der Waals surface area contributed by atoms with Gasteiger partial charge < -0.3 is 14.8 Å². The molecule has 1 fully saturated rings. The van der Waals surface area contributed by atoms with E-state index in [0.717, 1.165) is 24.3 Å². The van der Waals surface area contributed by atoms with Crippen LogP contribution in [0.15, 0.2) is 72.9 Å². The van der Waals surface area contributed by atoms with Crippen LogP contribution in [0.4, 0.5) is 10.6 Å². The van der Waals surface area contributed by atoms with E-state index in [1.165, 1.54) is 13.3 Å². The van der Waals surface area contributed by atoms with E-state index >= 15 is 0 Å². The van der Waals surface area contributed by atoms with Gasteiger partial charge in [0.25, 0.3) is 5.91 Å². The molecule has 5 rings (SSSR count). The number of methoxy groups -OCH3 is 2. The first-order valence-corrected chi connectivity index (χ1v) is 14.2. The van der Waals surface area contributed by atoms with E-state index in [1.54, 1.807) is 24.1 Å².